The number of nitro benzene ring substituents is 1. The van der Waals surface area contributed by atoms with E-state index in [1.54, 1.807) is 32.9 Å². The quantitative estimate of drug-likeness (QED) is 0.177. The van der Waals surface area contributed by atoms with E-state index in [0.29, 0.717) is 18.9 Å². The number of piperidine rings is 1. The van der Waals surface area contributed by atoms with Crippen LogP contribution in [0.4, 0.5) is 27.5 Å². The Bertz CT molecular complexity index is 1530. The fourth-order valence-electron chi connectivity index (χ4n) is 6.68. The molecule has 2 amide bonds. The molecule has 0 saturated carbocycles. The van der Waals surface area contributed by atoms with Crippen LogP contribution < -0.4 is 15.1 Å². The predicted molar refractivity (Wildman–Crippen MR) is 186 cm³/mol. The van der Waals surface area contributed by atoms with Crippen molar-refractivity contribution in [3.05, 3.63) is 94.0 Å². The fourth-order valence-corrected chi connectivity index (χ4v) is 6.68. The van der Waals surface area contributed by atoms with Gasteiger partial charge in [0.05, 0.1) is 11.0 Å². The number of amides is 2. The van der Waals surface area contributed by atoms with Crippen molar-refractivity contribution in [3.63, 3.8) is 0 Å². The van der Waals surface area contributed by atoms with Gasteiger partial charge in [0.2, 0.25) is 5.91 Å². The molecule has 10 heteroatoms. The van der Waals surface area contributed by atoms with Crippen LogP contribution in [0, 0.1) is 10.1 Å². The Morgan fingerprint density at radius 1 is 0.936 bits per heavy atom. The summed E-state index contributed by atoms with van der Waals surface area (Å²) >= 11 is 0. The van der Waals surface area contributed by atoms with Gasteiger partial charge >= 0.3 is 6.09 Å². The van der Waals surface area contributed by atoms with E-state index in [1.807, 2.05) is 13.0 Å². The molecule has 1 N–H and O–H groups in total. The van der Waals surface area contributed by atoms with Gasteiger partial charge in [-0.2, -0.15) is 0 Å². The highest BCUT2D eigenvalue weighted by molar-refractivity contribution is 5.96. The SMILES string of the molecule is CCCN(CC(=O)Nc1ccc([C@H]2CCCN2c2ccc(N3CCC(c4ccccc4)CC3)cc2)cc1[N+](=O)[O-])C(=O)OC(C)(C)C. The van der Waals surface area contributed by atoms with Gasteiger partial charge in [0, 0.05) is 43.6 Å². The van der Waals surface area contributed by atoms with Gasteiger partial charge in [0.15, 0.2) is 0 Å². The Hall–Kier alpha value is -4.60. The molecule has 0 radical (unpaired) electrons. The zero-order valence-corrected chi connectivity index (χ0v) is 28.0. The second kappa shape index (κ2) is 14.9. The third kappa shape index (κ3) is 8.61. The zero-order chi connectivity index (χ0) is 33.6. The van der Waals surface area contributed by atoms with Crippen LogP contribution in [-0.4, -0.2) is 60.1 Å². The maximum Gasteiger partial charge on any atom is 0.410 e. The lowest BCUT2D eigenvalue weighted by atomic mass is 9.89. The Morgan fingerprint density at radius 2 is 1.62 bits per heavy atom. The fraction of sp³-hybridized carbons (Fsp3) is 0.459. The minimum Gasteiger partial charge on any atom is -0.444 e. The molecular weight excluding hydrogens is 594 g/mol. The number of anilines is 3. The summed E-state index contributed by atoms with van der Waals surface area (Å²) in [6.45, 7) is 10.1. The summed E-state index contributed by atoms with van der Waals surface area (Å²) < 4.78 is 5.43. The topological polar surface area (TPSA) is 108 Å². The monoisotopic (exact) mass is 641 g/mol. The molecule has 2 aliphatic heterocycles. The van der Waals surface area contributed by atoms with Crippen LogP contribution in [0.1, 0.15) is 82.9 Å². The van der Waals surface area contributed by atoms with Crippen molar-refractivity contribution in [2.45, 2.75) is 77.4 Å². The first kappa shape index (κ1) is 33.8. The molecule has 3 aromatic rings. The highest BCUT2D eigenvalue weighted by Gasteiger charge is 2.30. The van der Waals surface area contributed by atoms with Gasteiger partial charge in [0.25, 0.3) is 5.69 Å². The number of rotatable bonds is 10. The second-order valence-corrected chi connectivity index (χ2v) is 13.5. The molecule has 3 aromatic carbocycles. The van der Waals surface area contributed by atoms with Crippen LogP contribution in [0.3, 0.4) is 0 Å². The number of hydrogen-bond donors (Lipinski definition) is 1. The van der Waals surface area contributed by atoms with Crippen molar-refractivity contribution in [2.24, 2.45) is 0 Å². The van der Waals surface area contributed by atoms with Gasteiger partial charge in [-0.15, -0.1) is 0 Å². The molecule has 0 bridgehead atoms. The average molecular weight is 642 g/mol. The molecule has 2 saturated heterocycles. The number of nitrogens with one attached hydrogen (secondary N) is 1. The maximum atomic E-state index is 12.9. The van der Waals surface area contributed by atoms with Crippen LogP contribution in [0.5, 0.6) is 0 Å². The number of nitrogens with zero attached hydrogens (tertiary/aromatic N) is 4. The highest BCUT2D eigenvalue weighted by atomic mass is 16.6. The normalized spacial score (nSPS) is 17.0. The lowest BCUT2D eigenvalue weighted by Gasteiger charge is -2.34. The molecule has 1 atom stereocenters. The number of benzene rings is 3. The zero-order valence-electron chi connectivity index (χ0n) is 28.0. The van der Waals surface area contributed by atoms with Gasteiger partial charge in [-0.1, -0.05) is 43.3 Å². The molecule has 2 fully saturated rings. The molecule has 0 unspecified atom stereocenters. The lowest BCUT2D eigenvalue weighted by molar-refractivity contribution is -0.384. The molecule has 5 rings (SSSR count). The minimum atomic E-state index is -0.704. The molecule has 2 aliphatic rings. The van der Waals surface area contributed by atoms with E-state index < -0.39 is 22.5 Å². The van der Waals surface area contributed by atoms with E-state index in [9.17, 15) is 19.7 Å². The number of carbonyl (C=O) groups excluding carboxylic acids is 2. The Balaban J connectivity index is 1.24. The van der Waals surface area contributed by atoms with Crippen molar-refractivity contribution in [1.29, 1.82) is 0 Å². The van der Waals surface area contributed by atoms with Crippen LogP contribution in [0.2, 0.25) is 0 Å². The van der Waals surface area contributed by atoms with Gasteiger partial charge < -0.3 is 19.9 Å². The number of ether oxygens (including phenoxy) is 1. The number of carbonyl (C=O) groups is 2. The standard InChI is InChI=1S/C37H47N5O5/c1-5-21-40(36(44)47-37(2,3)4)26-35(43)38-32-18-13-29(25-34(32)42(45)46)33-12-9-22-41(33)31-16-14-30(15-17-31)39-23-19-28(20-24-39)27-10-7-6-8-11-27/h6-8,10-11,13-18,25,28,33H,5,9,12,19-24,26H2,1-4H3,(H,38,43)/t33-/m1/s1. The van der Waals surface area contributed by atoms with Crippen molar-refractivity contribution >= 4 is 34.7 Å². The van der Waals surface area contributed by atoms with Crippen LogP contribution >= 0.6 is 0 Å². The second-order valence-electron chi connectivity index (χ2n) is 13.5. The summed E-state index contributed by atoms with van der Waals surface area (Å²) in [5.74, 6) is 0.0841. The molecular formula is C37H47N5O5. The summed E-state index contributed by atoms with van der Waals surface area (Å²) in [5, 5.41) is 14.8. The first-order valence-corrected chi connectivity index (χ1v) is 16.7. The Labute approximate surface area is 277 Å². The van der Waals surface area contributed by atoms with E-state index >= 15 is 0 Å². The molecule has 250 valence electrons. The van der Waals surface area contributed by atoms with Crippen LogP contribution in [0.15, 0.2) is 72.8 Å². The summed E-state index contributed by atoms with van der Waals surface area (Å²) in [6, 6.07) is 24.5. The third-order valence-electron chi connectivity index (χ3n) is 8.92. The largest absolute Gasteiger partial charge is 0.444 e. The molecule has 10 nitrogen and oxygen atoms in total. The van der Waals surface area contributed by atoms with E-state index in [0.717, 1.165) is 56.6 Å². The predicted octanol–water partition coefficient (Wildman–Crippen LogP) is 7.91. The number of hydrogen-bond acceptors (Lipinski definition) is 7. The smallest absolute Gasteiger partial charge is 0.410 e. The molecule has 47 heavy (non-hydrogen) atoms. The van der Waals surface area contributed by atoms with E-state index in [4.69, 9.17) is 4.74 Å². The van der Waals surface area contributed by atoms with Crippen LogP contribution in [-0.2, 0) is 9.53 Å². The number of nitro groups is 1. The van der Waals surface area contributed by atoms with E-state index in [2.05, 4.69) is 69.7 Å². The van der Waals surface area contributed by atoms with E-state index in [-0.39, 0.29) is 24.0 Å². The minimum absolute atomic E-state index is 0.0156. The van der Waals surface area contributed by atoms with Gasteiger partial charge in [-0.25, -0.2) is 4.79 Å². The van der Waals surface area contributed by atoms with Gasteiger partial charge in [-0.05, 0) is 100 Å². The molecule has 0 aliphatic carbocycles. The van der Waals surface area contributed by atoms with Crippen molar-refractivity contribution in [3.8, 4) is 0 Å². The van der Waals surface area contributed by atoms with Gasteiger partial charge in [-0.3, -0.25) is 19.8 Å². The first-order valence-electron chi connectivity index (χ1n) is 16.7. The summed E-state index contributed by atoms with van der Waals surface area (Å²) in [6.07, 6.45) is 4.16. The van der Waals surface area contributed by atoms with Gasteiger partial charge in [0.1, 0.15) is 17.8 Å². The Kier molecular flexibility index (Phi) is 10.7. The van der Waals surface area contributed by atoms with E-state index in [1.165, 1.54) is 16.2 Å². The van der Waals surface area contributed by atoms with Crippen molar-refractivity contribution in [1.82, 2.24) is 4.90 Å². The third-order valence-corrected chi connectivity index (χ3v) is 8.92. The highest BCUT2D eigenvalue weighted by Crippen LogP contribution is 2.40. The van der Waals surface area contributed by atoms with Crippen molar-refractivity contribution in [2.75, 3.05) is 47.8 Å². The van der Waals surface area contributed by atoms with Crippen molar-refractivity contribution < 1.29 is 19.2 Å². The summed E-state index contributed by atoms with van der Waals surface area (Å²) in [4.78, 5) is 43.3. The summed E-state index contributed by atoms with van der Waals surface area (Å²) in [5.41, 5.74) is 3.80. The Morgan fingerprint density at radius 3 is 2.26 bits per heavy atom. The summed E-state index contributed by atoms with van der Waals surface area (Å²) in [7, 11) is 0. The average Bonchev–Trinajstić information content (AvgIpc) is 3.55. The maximum absolute atomic E-state index is 12.9. The van der Waals surface area contributed by atoms with Crippen LogP contribution in [0.25, 0.3) is 0 Å². The molecule has 0 aromatic heterocycles. The molecule has 2 heterocycles. The molecule has 0 spiro atoms. The lowest BCUT2D eigenvalue weighted by Crippen LogP contribution is -2.41. The first-order chi connectivity index (χ1) is 22.5.